The Morgan fingerprint density at radius 2 is 1.18 bits per heavy atom. The monoisotopic (exact) mass is 312 g/mol. The highest BCUT2D eigenvalue weighted by atomic mass is 32.1. The molecule has 1 saturated heterocycles. The second-order valence-electron chi connectivity index (χ2n) is 4.67. The smallest absolute Gasteiger partial charge is 0.260 e. The summed E-state index contributed by atoms with van der Waals surface area (Å²) in [4.78, 5) is 35.5. The lowest BCUT2D eigenvalue weighted by Crippen LogP contribution is -2.38. The van der Waals surface area contributed by atoms with E-state index in [9.17, 15) is 9.59 Å². The van der Waals surface area contributed by atoms with Crippen LogP contribution in [0.5, 0.6) is 0 Å². The van der Waals surface area contributed by atoms with Crippen LogP contribution in [0.1, 0.15) is 20.7 Å². The van der Waals surface area contributed by atoms with Crippen LogP contribution in [0.25, 0.3) is 0 Å². The molecule has 1 aliphatic heterocycles. The fourth-order valence-electron chi connectivity index (χ4n) is 2.21. The Labute approximate surface area is 132 Å². The number of rotatable bonds is 2. The maximum atomic E-state index is 12.4. The van der Waals surface area contributed by atoms with Gasteiger partial charge >= 0.3 is 0 Å². The van der Waals surface area contributed by atoms with Crippen molar-refractivity contribution >= 4 is 29.1 Å². The predicted octanol–water partition coefficient (Wildman–Crippen LogP) is 1.36. The second kappa shape index (κ2) is 5.98. The zero-order valence-electron chi connectivity index (χ0n) is 11.5. The Hall–Kier alpha value is -2.67. The van der Waals surface area contributed by atoms with Crippen LogP contribution in [0, 0.1) is 0 Å². The van der Waals surface area contributed by atoms with Crippen LogP contribution in [0.4, 0.5) is 0 Å². The zero-order valence-corrected chi connectivity index (χ0v) is 12.4. The summed E-state index contributed by atoms with van der Waals surface area (Å²) in [5.41, 5.74) is 0.992. The predicted molar refractivity (Wildman–Crippen MR) is 83.1 cm³/mol. The minimum absolute atomic E-state index is 0.225. The van der Waals surface area contributed by atoms with E-state index in [0.717, 1.165) is 0 Å². The highest BCUT2D eigenvalue weighted by molar-refractivity contribution is 7.80. The molecule has 2 amide bonds. The van der Waals surface area contributed by atoms with Crippen molar-refractivity contribution in [2.45, 2.75) is 0 Å². The summed E-state index contributed by atoms with van der Waals surface area (Å²) in [6, 6.07) is 6.49. The van der Waals surface area contributed by atoms with E-state index < -0.39 is 0 Å². The molecule has 22 heavy (non-hydrogen) atoms. The van der Waals surface area contributed by atoms with E-state index in [1.54, 1.807) is 49.1 Å². The highest BCUT2D eigenvalue weighted by Gasteiger charge is 2.34. The average molecular weight is 312 g/mol. The molecule has 0 unspecified atom stereocenters. The van der Waals surface area contributed by atoms with Crippen molar-refractivity contribution in [1.82, 2.24) is 19.8 Å². The molecule has 1 fully saturated rings. The van der Waals surface area contributed by atoms with Crippen molar-refractivity contribution in [3.8, 4) is 0 Å². The van der Waals surface area contributed by atoms with E-state index in [2.05, 4.69) is 9.97 Å². The van der Waals surface area contributed by atoms with Crippen molar-refractivity contribution in [2.24, 2.45) is 0 Å². The molecule has 0 aromatic carbocycles. The van der Waals surface area contributed by atoms with Gasteiger partial charge in [-0.25, -0.2) is 0 Å². The standard InChI is InChI=1S/C15H12N4O2S/c20-13(11-1-5-16-6-2-11)18-9-10-19(15(18)22)14(21)12-3-7-17-8-4-12/h1-8H,9-10H2. The highest BCUT2D eigenvalue weighted by Crippen LogP contribution is 2.16. The van der Waals surface area contributed by atoms with Gasteiger partial charge in [0.05, 0.1) is 0 Å². The third kappa shape index (κ3) is 2.58. The number of nitrogens with zero attached hydrogens (tertiary/aromatic N) is 4. The molecule has 110 valence electrons. The third-order valence-electron chi connectivity index (χ3n) is 3.35. The number of pyridine rings is 2. The maximum absolute atomic E-state index is 12.4. The fraction of sp³-hybridized carbons (Fsp3) is 0.133. The molecular weight excluding hydrogens is 300 g/mol. The van der Waals surface area contributed by atoms with Crippen LogP contribution in [0.2, 0.25) is 0 Å². The van der Waals surface area contributed by atoms with Gasteiger partial charge in [-0.3, -0.25) is 29.4 Å². The Kier molecular flexibility index (Phi) is 3.88. The third-order valence-corrected chi connectivity index (χ3v) is 3.79. The lowest BCUT2D eigenvalue weighted by Gasteiger charge is -2.19. The molecule has 0 N–H and O–H groups in total. The first-order valence-corrected chi connectivity index (χ1v) is 7.07. The molecule has 3 heterocycles. The first kappa shape index (κ1) is 14.3. The summed E-state index contributed by atoms with van der Waals surface area (Å²) in [6.07, 6.45) is 6.19. The van der Waals surface area contributed by atoms with Crippen molar-refractivity contribution in [3.05, 3.63) is 60.2 Å². The van der Waals surface area contributed by atoms with E-state index in [0.29, 0.717) is 24.2 Å². The van der Waals surface area contributed by atoms with Gasteiger partial charge in [0.1, 0.15) is 0 Å². The second-order valence-corrected chi connectivity index (χ2v) is 5.03. The van der Waals surface area contributed by atoms with Crippen molar-refractivity contribution in [1.29, 1.82) is 0 Å². The van der Waals surface area contributed by atoms with Crippen molar-refractivity contribution in [3.63, 3.8) is 0 Å². The molecule has 0 atom stereocenters. The van der Waals surface area contributed by atoms with Crippen LogP contribution in [-0.4, -0.2) is 49.8 Å². The Morgan fingerprint density at radius 3 is 1.55 bits per heavy atom. The Balaban J connectivity index is 1.78. The van der Waals surface area contributed by atoms with Crippen LogP contribution in [0.3, 0.4) is 0 Å². The molecule has 3 rings (SSSR count). The number of amides is 2. The molecule has 2 aromatic heterocycles. The molecule has 1 aliphatic rings. The van der Waals surface area contributed by atoms with E-state index >= 15 is 0 Å². The lowest BCUT2D eigenvalue weighted by atomic mass is 10.2. The lowest BCUT2D eigenvalue weighted by molar-refractivity contribution is 0.0857. The molecule has 6 nitrogen and oxygen atoms in total. The minimum atomic E-state index is -0.225. The maximum Gasteiger partial charge on any atom is 0.260 e. The van der Waals surface area contributed by atoms with Crippen LogP contribution < -0.4 is 0 Å². The SMILES string of the molecule is O=C(c1ccncc1)N1CCN(C(=O)c2ccncc2)C1=S. The van der Waals surface area contributed by atoms with E-state index in [1.165, 1.54) is 9.80 Å². The largest absolute Gasteiger partial charge is 0.283 e. The van der Waals surface area contributed by atoms with Gasteiger partial charge in [-0.1, -0.05) is 0 Å². The van der Waals surface area contributed by atoms with Gasteiger partial charge in [0.25, 0.3) is 11.8 Å². The van der Waals surface area contributed by atoms with Crippen LogP contribution in [-0.2, 0) is 0 Å². The molecule has 0 saturated carbocycles. The Morgan fingerprint density at radius 1 is 0.818 bits per heavy atom. The molecule has 0 bridgehead atoms. The van der Waals surface area contributed by atoms with Gasteiger partial charge < -0.3 is 0 Å². The average Bonchev–Trinajstić information content (AvgIpc) is 2.96. The first-order chi connectivity index (χ1) is 10.7. The molecule has 0 spiro atoms. The molecule has 0 radical (unpaired) electrons. The minimum Gasteiger partial charge on any atom is -0.283 e. The number of carbonyl (C=O) groups excluding carboxylic acids is 2. The van der Waals surface area contributed by atoms with Crippen molar-refractivity contribution < 1.29 is 9.59 Å². The summed E-state index contributed by atoms with van der Waals surface area (Å²) in [5.74, 6) is -0.449. The molecule has 7 heteroatoms. The fourth-order valence-corrected chi connectivity index (χ4v) is 2.56. The van der Waals surface area contributed by atoms with Crippen LogP contribution in [0.15, 0.2) is 49.1 Å². The van der Waals surface area contributed by atoms with Crippen molar-refractivity contribution in [2.75, 3.05) is 13.1 Å². The normalized spacial score (nSPS) is 14.3. The van der Waals surface area contributed by atoms with E-state index in [4.69, 9.17) is 12.2 Å². The van der Waals surface area contributed by atoms with Gasteiger partial charge in [-0.2, -0.15) is 0 Å². The first-order valence-electron chi connectivity index (χ1n) is 6.66. The topological polar surface area (TPSA) is 66.4 Å². The molecular formula is C15H12N4O2S. The number of hydrogen-bond acceptors (Lipinski definition) is 5. The van der Waals surface area contributed by atoms with E-state index in [1.807, 2.05) is 0 Å². The van der Waals surface area contributed by atoms with Gasteiger partial charge in [-0.05, 0) is 36.5 Å². The molecule has 0 aliphatic carbocycles. The summed E-state index contributed by atoms with van der Waals surface area (Å²) in [5, 5.41) is 0.226. The van der Waals surface area contributed by atoms with Gasteiger partial charge in [0.15, 0.2) is 5.11 Å². The van der Waals surface area contributed by atoms with Gasteiger partial charge in [-0.15, -0.1) is 0 Å². The summed E-state index contributed by atoms with van der Waals surface area (Å²) in [6.45, 7) is 0.771. The van der Waals surface area contributed by atoms with E-state index in [-0.39, 0.29) is 16.9 Å². The number of hydrogen-bond donors (Lipinski definition) is 0. The van der Waals surface area contributed by atoms with Crippen LogP contribution >= 0.6 is 12.2 Å². The number of aromatic nitrogens is 2. The molecule has 2 aromatic rings. The number of thiocarbonyl (C=S) groups is 1. The summed E-state index contributed by atoms with van der Waals surface area (Å²) >= 11 is 5.29. The number of carbonyl (C=O) groups is 2. The quantitative estimate of drug-likeness (QED) is 0.783. The Bertz CT molecular complexity index is 659. The summed E-state index contributed by atoms with van der Waals surface area (Å²) < 4.78 is 0. The van der Waals surface area contributed by atoms with Gasteiger partial charge in [0.2, 0.25) is 0 Å². The zero-order chi connectivity index (χ0) is 15.5. The summed E-state index contributed by atoms with van der Waals surface area (Å²) in [7, 11) is 0. The van der Waals surface area contributed by atoms with Gasteiger partial charge in [0, 0.05) is 49.0 Å².